The van der Waals surface area contributed by atoms with E-state index in [9.17, 15) is 18.0 Å². The number of hydrogen-bond acceptors (Lipinski definition) is 8. The van der Waals surface area contributed by atoms with Crippen molar-refractivity contribution in [3.05, 3.63) is 68.9 Å². The summed E-state index contributed by atoms with van der Waals surface area (Å²) < 4.78 is 44.3. The third-order valence-electron chi connectivity index (χ3n) is 3.60. The quantitative estimate of drug-likeness (QED) is 0.109. The smallest absolute Gasteiger partial charge is 0.277 e. The second-order valence-electron chi connectivity index (χ2n) is 5.73. The van der Waals surface area contributed by atoms with E-state index in [1.165, 1.54) is 31.5 Å². The van der Waals surface area contributed by atoms with E-state index in [0.717, 1.165) is 18.5 Å². The van der Waals surface area contributed by atoms with Crippen LogP contribution < -0.4 is 16.3 Å². The van der Waals surface area contributed by atoms with Crippen molar-refractivity contribution in [3.8, 4) is 0 Å². The molecule has 0 aliphatic heterocycles. The molecule has 0 spiro atoms. The molecule has 2 rings (SSSR count). The van der Waals surface area contributed by atoms with Gasteiger partial charge in [-0.3, -0.25) is 19.9 Å². The molecule has 4 N–H and O–H groups in total. The molecular formula is C19H18F3IN4O5. The molecule has 2 aromatic carbocycles. The van der Waals surface area contributed by atoms with Gasteiger partial charge in [0.05, 0.1) is 49.7 Å². The van der Waals surface area contributed by atoms with Crippen molar-refractivity contribution in [1.82, 2.24) is 11.0 Å². The third-order valence-corrected chi connectivity index (χ3v) is 4.27. The Bertz CT molecular complexity index is 1010. The molecule has 0 heterocycles. The molecule has 32 heavy (non-hydrogen) atoms. The molecule has 0 radical (unpaired) electrons. The number of oxime groups is 1. The molecule has 0 atom stereocenters. The fourth-order valence-corrected chi connectivity index (χ4v) is 2.69. The van der Waals surface area contributed by atoms with E-state index in [1.54, 1.807) is 0 Å². The number of nitrogens with one attached hydrogen (secondary N) is 3. The van der Waals surface area contributed by atoms with Gasteiger partial charge in [0.2, 0.25) is 0 Å². The van der Waals surface area contributed by atoms with Gasteiger partial charge >= 0.3 is 0 Å². The molecular weight excluding hydrogens is 548 g/mol. The van der Waals surface area contributed by atoms with Gasteiger partial charge < -0.3 is 15.3 Å². The predicted octanol–water partition coefficient (Wildman–Crippen LogP) is 3.08. The monoisotopic (exact) mass is 566 g/mol. The van der Waals surface area contributed by atoms with Crippen molar-refractivity contribution in [2.24, 2.45) is 5.16 Å². The molecule has 0 aliphatic carbocycles. The molecule has 0 saturated heterocycles. The molecule has 0 aromatic heterocycles. The zero-order chi connectivity index (χ0) is 23.5. The lowest BCUT2D eigenvalue weighted by Gasteiger charge is -2.15. The largest absolute Gasteiger partial charge is 0.394 e. The molecule has 1 amide bonds. The summed E-state index contributed by atoms with van der Waals surface area (Å²) in [5.41, 5.74) is 2.63. The Balaban J connectivity index is 2.42. The summed E-state index contributed by atoms with van der Waals surface area (Å²) >= 11 is 1.88. The number of aliphatic hydroxyl groups excluding tert-OH is 1. The van der Waals surface area contributed by atoms with E-state index >= 15 is 0 Å². The van der Waals surface area contributed by atoms with Crippen LogP contribution in [-0.2, 0) is 14.5 Å². The lowest BCUT2D eigenvalue weighted by Crippen LogP contribution is -2.26. The van der Waals surface area contributed by atoms with Crippen LogP contribution >= 0.6 is 22.6 Å². The Morgan fingerprint density at radius 1 is 1.25 bits per heavy atom. The number of anilines is 2. The van der Waals surface area contributed by atoms with Gasteiger partial charge in [0.15, 0.2) is 11.6 Å². The molecule has 172 valence electrons. The molecule has 2 aromatic rings. The number of carbonyl (C=O) groups is 1. The van der Waals surface area contributed by atoms with Crippen LogP contribution in [0.15, 0.2) is 41.9 Å². The number of rotatable bonds is 11. The third kappa shape index (κ3) is 7.08. The van der Waals surface area contributed by atoms with Crippen LogP contribution in [0.4, 0.5) is 24.5 Å². The zero-order valence-corrected chi connectivity index (χ0v) is 18.7. The summed E-state index contributed by atoms with van der Waals surface area (Å²) in [7, 11) is 1.36. The number of carbonyl (C=O) groups excluding carboxylic acids is 1. The minimum atomic E-state index is -1.46. The van der Waals surface area contributed by atoms with Gasteiger partial charge in [0.1, 0.15) is 12.1 Å². The van der Waals surface area contributed by atoms with Crippen LogP contribution in [0.1, 0.15) is 15.9 Å². The lowest BCUT2D eigenvalue weighted by molar-refractivity contribution is 0.0168. The van der Waals surface area contributed by atoms with Crippen LogP contribution in [0.2, 0.25) is 0 Å². The van der Waals surface area contributed by atoms with E-state index in [2.05, 4.69) is 20.8 Å². The number of hydrogen-bond donors (Lipinski definition) is 4. The van der Waals surface area contributed by atoms with Gasteiger partial charge in [-0.1, -0.05) is 5.16 Å². The van der Waals surface area contributed by atoms with Crippen LogP contribution in [-0.4, -0.2) is 37.6 Å². The highest BCUT2D eigenvalue weighted by atomic mass is 127. The van der Waals surface area contributed by atoms with E-state index in [4.69, 9.17) is 14.8 Å². The van der Waals surface area contributed by atoms with Gasteiger partial charge in [-0.2, -0.15) is 0 Å². The van der Waals surface area contributed by atoms with E-state index in [-0.39, 0.29) is 12.3 Å². The van der Waals surface area contributed by atoms with Crippen LogP contribution in [0.3, 0.4) is 0 Å². The Morgan fingerprint density at radius 2 is 2.03 bits per heavy atom. The summed E-state index contributed by atoms with van der Waals surface area (Å²) in [6.07, 6.45) is 3.12. The van der Waals surface area contributed by atoms with Gasteiger partial charge in [-0.15, -0.1) is 0 Å². The first-order valence-electron chi connectivity index (χ1n) is 8.78. The van der Waals surface area contributed by atoms with Gasteiger partial charge in [0, 0.05) is 9.13 Å². The summed E-state index contributed by atoms with van der Waals surface area (Å²) in [4.78, 5) is 26.4. The highest BCUT2D eigenvalue weighted by Gasteiger charge is 2.23. The first-order chi connectivity index (χ1) is 15.4. The average molecular weight is 566 g/mol. The van der Waals surface area contributed by atoms with Crippen molar-refractivity contribution < 1.29 is 37.6 Å². The predicted molar refractivity (Wildman–Crippen MR) is 117 cm³/mol. The first kappa shape index (κ1) is 25.4. The zero-order valence-electron chi connectivity index (χ0n) is 16.5. The van der Waals surface area contributed by atoms with Crippen LogP contribution in [0.25, 0.3) is 0 Å². The lowest BCUT2D eigenvalue weighted by atomic mass is 10.1. The minimum Gasteiger partial charge on any atom is -0.394 e. The maximum Gasteiger partial charge on any atom is 0.277 e. The maximum absolute atomic E-state index is 14.9. The molecule has 0 fully saturated rings. The van der Waals surface area contributed by atoms with Crippen molar-refractivity contribution in [2.45, 2.75) is 0 Å². The van der Waals surface area contributed by atoms with E-state index in [0.29, 0.717) is 3.57 Å². The van der Waals surface area contributed by atoms with Crippen LogP contribution in [0, 0.1) is 21.0 Å². The molecule has 0 aliphatic rings. The number of hydroxylamine groups is 2. The Kier molecular flexibility index (Phi) is 10.2. The second-order valence-corrected chi connectivity index (χ2v) is 6.98. The summed E-state index contributed by atoms with van der Waals surface area (Å²) in [6.45, 7) is -0.633. The van der Waals surface area contributed by atoms with Gasteiger partial charge in [-0.25, -0.2) is 18.7 Å². The van der Waals surface area contributed by atoms with Crippen molar-refractivity contribution in [1.29, 1.82) is 0 Å². The van der Waals surface area contributed by atoms with Gasteiger partial charge in [-0.05, 0) is 46.9 Å². The van der Waals surface area contributed by atoms with Crippen molar-refractivity contribution in [2.75, 3.05) is 25.6 Å². The summed E-state index contributed by atoms with van der Waals surface area (Å²) in [5, 5.41) is 14.6. The molecule has 0 unspecified atom stereocenters. The Hall–Kier alpha value is -2.88. The fourth-order valence-electron chi connectivity index (χ4n) is 2.23. The number of amides is 1. The summed E-state index contributed by atoms with van der Waals surface area (Å²) in [5.74, 6) is -4.55. The fraction of sp³-hybridized carbons (Fsp3) is 0.158. The van der Waals surface area contributed by atoms with E-state index < -0.39 is 46.8 Å². The number of halogens is 4. The average Bonchev–Trinajstić information content (AvgIpc) is 2.76. The number of nitrogens with zero attached hydrogens (tertiary/aromatic N) is 1. The molecule has 0 bridgehead atoms. The Labute approximate surface area is 194 Å². The summed E-state index contributed by atoms with van der Waals surface area (Å²) in [6, 6.07) is 4.98. The number of benzene rings is 2. The standard InChI is InChI=1S/C19H18F3IN4O5/c1-30-24-4-6-31-25-10-11-8-13(19(29)27-32-7-5-28)18(17(22)16(11)21)26-15-3-2-12(23)9-14(15)20/h2-4,6,8-10,24,26,28H,5,7H2,1H3,(H,27,29). The normalized spacial score (nSPS) is 11.2. The van der Waals surface area contributed by atoms with Crippen molar-refractivity contribution >= 4 is 46.1 Å². The molecule has 13 heteroatoms. The maximum atomic E-state index is 14.9. The highest BCUT2D eigenvalue weighted by molar-refractivity contribution is 14.1. The topological polar surface area (TPSA) is 113 Å². The number of aliphatic hydroxyl groups is 1. The van der Waals surface area contributed by atoms with E-state index in [1.807, 2.05) is 28.1 Å². The molecule has 9 nitrogen and oxygen atoms in total. The Morgan fingerprint density at radius 3 is 2.72 bits per heavy atom. The minimum absolute atomic E-state index is 0.186. The second kappa shape index (κ2) is 12.8. The van der Waals surface area contributed by atoms with Crippen molar-refractivity contribution in [3.63, 3.8) is 0 Å². The first-order valence-corrected chi connectivity index (χ1v) is 9.86. The van der Waals surface area contributed by atoms with Gasteiger partial charge in [0.25, 0.3) is 5.91 Å². The molecule has 0 saturated carbocycles. The SMILES string of the molecule is CONC=CON=Cc1cc(C(=O)NOCCO)c(Nc2ccc(I)cc2F)c(F)c1F. The van der Waals surface area contributed by atoms with Crippen LogP contribution in [0.5, 0.6) is 0 Å². The highest BCUT2D eigenvalue weighted by Crippen LogP contribution is 2.30.